The van der Waals surface area contributed by atoms with E-state index in [0.717, 1.165) is 23.2 Å². The molecule has 0 saturated carbocycles. The Morgan fingerprint density at radius 1 is 0.971 bits per heavy atom. The van der Waals surface area contributed by atoms with E-state index in [2.05, 4.69) is 4.90 Å². The smallest absolute Gasteiger partial charge is 0.162 e. The molecule has 1 saturated heterocycles. The van der Waals surface area contributed by atoms with E-state index < -0.39 is 5.41 Å². The van der Waals surface area contributed by atoms with Crippen LogP contribution < -0.4 is 9.47 Å². The molecule has 2 N–H and O–H groups in total. The van der Waals surface area contributed by atoms with Crippen LogP contribution in [0.3, 0.4) is 0 Å². The highest BCUT2D eigenvalue weighted by molar-refractivity contribution is 6.06. The third kappa shape index (κ3) is 6.52. The largest absolute Gasteiger partial charge is 0.504 e. The number of aromatic hydroxyl groups is 2. The summed E-state index contributed by atoms with van der Waals surface area (Å²) in [5, 5.41) is 20.3. The van der Waals surface area contributed by atoms with Crippen LogP contribution >= 0.6 is 0 Å². The molecule has 35 heavy (non-hydrogen) atoms. The van der Waals surface area contributed by atoms with Crippen molar-refractivity contribution < 1.29 is 34.0 Å². The molecule has 0 unspecified atom stereocenters. The van der Waals surface area contributed by atoms with Gasteiger partial charge < -0.3 is 24.4 Å². The first kappa shape index (κ1) is 26.5. The van der Waals surface area contributed by atoms with Gasteiger partial charge in [-0.25, -0.2) is 0 Å². The fourth-order valence-electron chi connectivity index (χ4n) is 4.14. The lowest BCUT2D eigenvalue weighted by Crippen LogP contribution is -2.34. The van der Waals surface area contributed by atoms with Crippen LogP contribution in [0.25, 0.3) is 0 Å². The standard InChI is InChI=1S/C27H35NO7/c1-27(2,24(30)9-6-18-5-8-21(29)22(14-18)33-3)25(31)10-7-19-13-20(16-28-11-12-35-17-28)26(32)23(15-19)34-4/h5,8,13-15,29,32H,6-7,9-12,16-17H2,1-4H3. The van der Waals surface area contributed by atoms with E-state index in [0.29, 0.717) is 44.2 Å². The van der Waals surface area contributed by atoms with Gasteiger partial charge in [0, 0.05) is 31.5 Å². The summed E-state index contributed by atoms with van der Waals surface area (Å²) in [5.74, 6) is 0.590. The molecule has 0 bridgehead atoms. The number of phenols is 2. The van der Waals surface area contributed by atoms with Crippen LogP contribution in [0.2, 0.25) is 0 Å². The lowest BCUT2D eigenvalue weighted by atomic mass is 9.79. The van der Waals surface area contributed by atoms with Gasteiger partial charge in [0.25, 0.3) is 0 Å². The second-order valence-corrected chi connectivity index (χ2v) is 9.37. The zero-order valence-electron chi connectivity index (χ0n) is 20.9. The second kappa shape index (κ2) is 11.6. The molecule has 0 radical (unpaired) electrons. The van der Waals surface area contributed by atoms with Gasteiger partial charge in [-0.1, -0.05) is 12.1 Å². The summed E-state index contributed by atoms with van der Waals surface area (Å²) in [4.78, 5) is 28.1. The summed E-state index contributed by atoms with van der Waals surface area (Å²) < 4.78 is 15.8. The Labute approximate surface area is 206 Å². The molecule has 1 aliphatic heterocycles. The minimum Gasteiger partial charge on any atom is -0.504 e. The summed E-state index contributed by atoms with van der Waals surface area (Å²) >= 11 is 0. The Balaban J connectivity index is 1.62. The number of phenolic OH excluding ortho intramolecular Hbond substituents is 2. The highest BCUT2D eigenvalue weighted by Gasteiger charge is 2.34. The highest BCUT2D eigenvalue weighted by Crippen LogP contribution is 2.34. The van der Waals surface area contributed by atoms with Crippen molar-refractivity contribution in [1.29, 1.82) is 0 Å². The summed E-state index contributed by atoms with van der Waals surface area (Å²) in [6.07, 6.45) is 1.30. The number of rotatable bonds is 12. The van der Waals surface area contributed by atoms with Gasteiger partial charge in [-0.15, -0.1) is 0 Å². The number of ketones is 2. The summed E-state index contributed by atoms with van der Waals surface area (Å²) in [6.45, 7) is 5.83. The number of hydrogen-bond acceptors (Lipinski definition) is 8. The van der Waals surface area contributed by atoms with Gasteiger partial charge >= 0.3 is 0 Å². The van der Waals surface area contributed by atoms with Gasteiger partial charge in [0.15, 0.2) is 23.0 Å². The van der Waals surface area contributed by atoms with Crippen molar-refractivity contribution in [3.8, 4) is 23.0 Å². The van der Waals surface area contributed by atoms with Gasteiger partial charge in [0.1, 0.15) is 11.6 Å². The summed E-state index contributed by atoms with van der Waals surface area (Å²) in [6, 6.07) is 8.59. The molecular weight excluding hydrogens is 450 g/mol. The van der Waals surface area contributed by atoms with Crippen LogP contribution in [0.4, 0.5) is 0 Å². The van der Waals surface area contributed by atoms with E-state index in [9.17, 15) is 19.8 Å². The van der Waals surface area contributed by atoms with E-state index in [1.807, 2.05) is 6.07 Å². The van der Waals surface area contributed by atoms with Crippen LogP contribution in [0.1, 0.15) is 43.4 Å². The van der Waals surface area contributed by atoms with Crippen molar-refractivity contribution in [2.75, 3.05) is 34.1 Å². The third-order valence-corrected chi connectivity index (χ3v) is 6.57. The zero-order chi connectivity index (χ0) is 25.6. The fraction of sp³-hybridized carbons (Fsp3) is 0.481. The van der Waals surface area contributed by atoms with Crippen LogP contribution in [-0.2, 0) is 33.7 Å². The van der Waals surface area contributed by atoms with Crippen LogP contribution in [0.15, 0.2) is 30.3 Å². The van der Waals surface area contributed by atoms with Gasteiger partial charge in [-0.2, -0.15) is 0 Å². The van der Waals surface area contributed by atoms with Gasteiger partial charge in [0.2, 0.25) is 0 Å². The maximum Gasteiger partial charge on any atom is 0.162 e. The van der Waals surface area contributed by atoms with E-state index in [-0.39, 0.29) is 35.9 Å². The third-order valence-electron chi connectivity index (χ3n) is 6.57. The first-order valence-electron chi connectivity index (χ1n) is 11.8. The molecule has 1 heterocycles. The van der Waals surface area contributed by atoms with Crippen molar-refractivity contribution in [1.82, 2.24) is 4.90 Å². The maximum absolute atomic E-state index is 13.0. The Morgan fingerprint density at radius 3 is 2.20 bits per heavy atom. The van der Waals surface area contributed by atoms with Crippen molar-refractivity contribution in [2.24, 2.45) is 5.41 Å². The zero-order valence-corrected chi connectivity index (χ0v) is 20.9. The topological polar surface area (TPSA) is 106 Å². The average Bonchev–Trinajstić information content (AvgIpc) is 3.36. The Bertz CT molecular complexity index is 1060. The molecule has 0 amide bonds. The molecular formula is C27H35NO7. The van der Waals surface area contributed by atoms with Gasteiger partial charge in [-0.3, -0.25) is 14.5 Å². The molecule has 190 valence electrons. The normalized spacial score (nSPS) is 14.2. The van der Waals surface area contributed by atoms with E-state index in [4.69, 9.17) is 14.2 Å². The number of ether oxygens (including phenoxy) is 3. The molecule has 8 nitrogen and oxygen atoms in total. The van der Waals surface area contributed by atoms with Gasteiger partial charge in [-0.05, 0) is 56.0 Å². The number of hydrogen-bond donors (Lipinski definition) is 2. The summed E-state index contributed by atoms with van der Waals surface area (Å²) in [5.41, 5.74) is 1.32. The lowest BCUT2D eigenvalue weighted by molar-refractivity contribution is -0.138. The average molecular weight is 486 g/mol. The Hall–Kier alpha value is -3.10. The molecule has 3 rings (SSSR count). The number of carbonyl (C=O) groups excluding carboxylic acids is 2. The fourth-order valence-corrected chi connectivity index (χ4v) is 4.14. The number of aryl methyl sites for hydroxylation is 2. The van der Waals surface area contributed by atoms with Crippen molar-refractivity contribution >= 4 is 11.6 Å². The minimum absolute atomic E-state index is 0.0425. The minimum atomic E-state index is -1.11. The predicted octanol–water partition coefficient (Wildman–Crippen LogP) is 3.63. The Morgan fingerprint density at radius 2 is 1.60 bits per heavy atom. The highest BCUT2D eigenvalue weighted by atomic mass is 16.5. The number of methoxy groups -OCH3 is 2. The van der Waals surface area contributed by atoms with Crippen molar-refractivity contribution in [3.05, 3.63) is 47.0 Å². The second-order valence-electron chi connectivity index (χ2n) is 9.37. The molecule has 0 atom stereocenters. The first-order chi connectivity index (χ1) is 16.6. The molecule has 0 aliphatic carbocycles. The van der Waals surface area contributed by atoms with Crippen molar-refractivity contribution in [2.45, 2.75) is 46.1 Å². The molecule has 2 aromatic rings. The maximum atomic E-state index is 13.0. The quantitative estimate of drug-likeness (QED) is 0.439. The van der Waals surface area contributed by atoms with E-state index >= 15 is 0 Å². The number of Topliss-reactive ketones (excluding diaryl/α,β-unsaturated/α-hetero) is 2. The number of benzene rings is 2. The monoisotopic (exact) mass is 485 g/mol. The molecule has 0 spiro atoms. The van der Waals surface area contributed by atoms with Crippen LogP contribution in [0.5, 0.6) is 23.0 Å². The number of carbonyl (C=O) groups is 2. The van der Waals surface area contributed by atoms with Crippen LogP contribution in [0, 0.1) is 5.41 Å². The molecule has 1 fully saturated rings. The molecule has 8 heteroatoms. The van der Waals surface area contributed by atoms with Crippen molar-refractivity contribution in [3.63, 3.8) is 0 Å². The first-order valence-corrected chi connectivity index (χ1v) is 11.8. The van der Waals surface area contributed by atoms with E-state index in [1.165, 1.54) is 20.3 Å². The SMILES string of the molecule is COc1cc(CCC(=O)C(C)(C)C(=O)CCc2cc(CN3CCOC3)c(O)c(OC)c2)ccc1O. The molecule has 1 aliphatic rings. The predicted molar refractivity (Wildman–Crippen MR) is 131 cm³/mol. The Kier molecular flexibility index (Phi) is 8.75. The molecule has 2 aromatic carbocycles. The van der Waals surface area contributed by atoms with Gasteiger partial charge in [0.05, 0.1) is 33.0 Å². The van der Waals surface area contributed by atoms with E-state index in [1.54, 1.807) is 32.0 Å². The molecule has 0 aromatic heterocycles. The summed E-state index contributed by atoms with van der Waals surface area (Å²) in [7, 11) is 2.97. The lowest BCUT2D eigenvalue weighted by Gasteiger charge is -2.22. The number of nitrogens with zero attached hydrogens (tertiary/aromatic N) is 1. The van der Waals surface area contributed by atoms with Crippen LogP contribution in [-0.4, -0.2) is 60.8 Å².